The molecule has 0 aliphatic carbocycles. The van der Waals surface area contributed by atoms with E-state index in [-0.39, 0.29) is 48.7 Å². The summed E-state index contributed by atoms with van der Waals surface area (Å²) in [5.41, 5.74) is 5.92. The van der Waals surface area contributed by atoms with E-state index in [0.29, 0.717) is 36.2 Å². The van der Waals surface area contributed by atoms with Crippen molar-refractivity contribution in [3.8, 4) is 11.5 Å². The minimum atomic E-state index is -1.02. The number of nitrogens with zero attached hydrogens (tertiary/aromatic N) is 2. The van der Waals surface area contributed by atoms with E-state index in [9.17, 15) is 29.1 Å². The number of carbonyl (C=O) groups excluding carboxylic acids is 5. The van der Waals surface area contributed by atoms with Gasteiger partial charge in [0.2, 0.25) is 17.7 Å². The van der Waals surface area contributed by atoms with Crippen LogP contribution >= 0.6 is 11.8 Å². The summed E-state index contributed by atoms with van der Waals surface area (Å²) >= 11 is 1.36. The summed E-state index contributed by atoms with van der Waals surface area (Å²) in [5.74, 6) is -0.863. The average Bonchev–Trinajstić information content (AvgIpc) is 3.45. The lowest BCUT2D eigenvalue weighted by Gasteiger charge is -2.27. The molecular weight excluding hydrogens is 719 g/mol. The first kappa shape index (κ1) is 39.0. The SMILES string of the molecule is CCC(=C(c1ccc(O)cc1)c1ccc(OCCN(C)C(=O)CCOCCSc2cccc3c2C(=O)N(C2CCC(=O)NC2=O)C3=O)cc1)c1ccccc1. The number of thioether (sulfide) groups is 1. The van der Waals surface area contributed by atoms with Crippen LogP contribution in [0.3, 0.4) is 0 Å². The second kappa shape index (κ2) is 18.1. The molecule has 1 unspecified atom stereocenters. The summed E-state index contributed by atoms with van der Waals surface area (Å²) in [6.07, 6.45) is 1.16. The largest absolute Gasteiger partial charge is 0.508 e. The predicted molar refractivity (Wildman–Crippen MR) is 210 cm³/mol. The van der Waals surface area contributed by atoms with Gasteiger partial charge in [0.15, 0.2) is 0 Å². The standard InChI is InChI=1S/C43H43N3O8S/c1-3-33(28-8-5-4-6-9-28)39(29-12-16-31(47)17-13-29)30-14-18-32(19-15-30)54-25-23-45(2)38(49)22-24-53-26-27-55-36-11-7-10-34-40(36)43(52)46(42(34)51)35-20-21-37(48)44-41(35)50/h4-19,35,47H,3,20-27H2,1-2H3,(H,44,48,50). The fourth-order valence-electron chi connectivity index (χ4n) is 6.72. The molecule has 4 aromatic rings. The Kier molecular flexibility index (Phi) is 12.8. The molecule has 1 fully saturated rings. The number of imide groups is 2. The van der Waals surface area contributed by atoms with E-state index < -0.39 is 29.7 Å². The highest BCUT2D eigenvalue weighted by atomic mass is 32.2. The molecule has 0 bridgehead atoms. The van der Waals surface area contributed by atoms with Crippen LogP contribution < -0.4 is 10.1 Å². The topological polar surface area (TPSA) is 143 Å². The highest BCUT2D eigenvalue weighted by Crippen LogP contribution is 2.36. The van der Waals surface area contributed by atoms with E-state index in [1.165, 1.54) is 17.3 Å². The quantitative estimate of drug-likeness (QED) is 0.0591. The van der Waals surface area contributed by atoms with Gasteiger partial charge in [0.05, 0.1) is 37.3 Å². The summed E-state index contributed by atoms with van der Waals surface area (Å²) in [6.45, 7) is 3.38. The van der Waals surface area contributed by atoms with Crippen molar-refractivity contribution in [1.82, 2.24) is 15.1 Å². The maximum absolute atomic E-state index is 13.3. The van der Waals surface area contributed by atoms with Gasteiger partial charge in [0.25, 0.3) is 11.8 Å². The highest BCUT2D eigenvalue weighted by molar-refractivity contribution is 7.99. The minimum absolute atomic E-state index is 0.0582. The lowest BCUT2D eigenvalue weighted by molar-refractivity contribution is -0.136. The van der Waals surface area contributed by atoms with Crippen LogP contribution in [0.4, 0.5) is 0 Å². The summed E-state index contributed by atoms with van der Waals surface area (Å²) < 4.78 is 11.7. The fourth-order valence-corrected chi connectivity index (χ4v) is 7.66. The number of benzene rings is 4. The molecule has 284 valence electrons. The van der Waals surface area contributed by atoms with Gasteiger partial charge in [-0.05, 0) is 77.1 Å². The van der Waals surface area contributed by atoms with Gasteiger partial charge in [-0.15, -0.1) is 11.8 Å². The lowest BCUT2D eigenvalue weighted by atomic mass is 9.88. The van der Waals surface area contributed by atoms with Gasteiger partial charge in [-0.1, -0.05) is 67.6 Å². The van der Waals surface area contributed by atoms with Crippen LogP contribution in [0.25, 0.3) is 11.1 Å². The van der Waals surface area contributed by atoms with Gasteiger partial charge in [0.1, 0.15) is 24.1 Å². The second-order valence-corrected chi connectivity index (χ2v) is 14.3. The van der Waals surface area contributed by atoms with E-state index in [2.05, 4.69) is 24.4 Å². The number of hydrogen-bond acceptors (Lipinski definition) is 9. The molecule has 0 aromatic heterocycles. The van der Waals surface area contributed by atoms with Crippen molar-refractivity contribution >= 4 is 52.4 Å². The van der Waals surface area contributed by atoms with Crippen molar-refractivity contribution in [2.24, 2.45) is 0 Å². The van der Waals surface area contributed by atoms with Crippen molar-refractivity contribution in [1.29, 1.82) is 0 Å². The Morgan fingerprint density at radius 1 is 0.855 bits per heavy atom. The zero-order valence-electron chi connectivity index (χ0n) is 30.8. The Morgan fingerprint density at radius 3 is 2.25 bits per heavy atom. The van der Waals surface area contributed by atoms with Crippen LogP contribution in [0, 0.1) is 0 Å². The maximum Gasteiger partial charge on any atom is 0.263 e. The Bertz CT molecular complexity index is 2080. The van der Waals surface area contributed by atoms with E-state index in [1.54, 1.807) is 42.3 Å². The van der Waals surface area contributed by atoms with Crippen molar-refractivity contribution < 1.29 is 38.6 Å². The molecule has 6 rings (SSSR count). The summed E-state index contributed by atoms with van der Waals surface area (Å²) in [7, 11) is 1.72. The van der Waals surface area contributed by atoms with Gasteiger partial charge < -0.3 is 19.5 Å². The lowest BCUT2D eigenvalue weighted by Crippen LogP contribution is -2.54. The molecule has 2 N–H and O–H groups in total. The van der Waals surface area contributed by atoms with Crippen molar-refractivity contribution in [2.75, 3.05) is 39.2 Å². The molecule has 4 aromatic carbocycles. The fraction of sp³-hybridized carbons (Fsp3) is 0.279. The molecule has 55 heavy (non-hydrogen) atoms. The van der Waals surface area contributed by atoms with E-state index in [0.717, 1.165) is 33.6 Å². The number of aromatic hydroxyl groups is 1. The summed E-state index contributed by atoms with van der Waals surface area (Å²) in [6, 6.07) is 29.4. The Labute approximate surface area is 324 Å². The number of ether oxygens (including phenoxy) is 2. The molecule has 2 aliphatic rings. The van der Waals surface area contributed by atoms with E-state index in [1.807, 2.05) is 54.6 Å². The normalized spacial score (nSPS) is 15.7. The average molecular weight is 762 g/mol. The second-order valence-electron chi connectivity index (χ2n) is 13.1. The number of fused-ring (bicyclic) bond motifs is 1. The number of phenolic OH excluding ortho intramolecular Hbond substituents is 1. The number of phenols is 1. The molecule has 0 saturated carbocycles. The Morgan fingerprint density at radius 2 is 1.56 bits per heavy atom. The number of likely N-dealkylation sites (N-methyl/N-ethyl adjacent to an activating group) is 1. The number of rotatable bonds is 16. The van der Waals surface area contributed by atoms with Crippen LogP contribution in [0.1, 0.15) is 70.0 Å². The van der Waals surface area contributed by atoms with Crippen molar-refractivity contribution in [3.63, 3.8) is 0 Å². The minimum Gasteiger partial charge on any atom is -0.508 e. The zero-order valence-corrected chi connectivity index (χ0v) is 31.6. The molecule has 1 saturated heterocycles. The van der Waals surface area contributed by atoms with Gasteiger partial charge in [0, 0.05) is 24.1 Å². The monoisotopic (exact) mass is 761 g/mol. The molecule has 5 amide bonds. The number of carbonyl (C=O) groups is 5. The van der Waals surface area contributed by atoms with Crippen LogP contribution in [0.15, 0.2) is 102 Å². The molecule has 2 heterocycles. The van der Waals surface area contributed by atoms with Crippen LogP contribution in [0.2, 0.25) is 0 Å². The molecule has 0 spiro atoms. The maximum atomic E-state index is 13.3. The number of piperidine rings is 1. The van der Waals surface area contributed by atoms with E-state index in [4.69, 9.17) is 9.47 Å². The summed E-state index contributed by atoms with van der Waals surface area (Å²) in [4.78, 5) is 66.3. The number of allylic oxidation sites excluding steroid dienone is 1. The predicted octanol–water partition coefficient (Wildman–Crippen LogP) is 6.20. The van der Waals surface area contributed by atoms with Crippen LogP contribution in [-0.2, 0) is 19.1 Å². The third-order valence-electron chi connectivity index (χ3n) is 9.57. The molecule has 1 atom stereocenters. The van der Waals surface area contributed by atoms with Gasteiger partial charge in [-0.3, -0.25) is 34.2 Å². The van der Waals surface area contributed by atoms with Crippen molar-refractivity contribution in [3.05, 3.63) is 125 Å². The third kappa shape index (κ3) is 9.15. The van der Waals surface area contributed by atoms with Crippen LogP contribution in [-0.4, -0.2) is 89.7 Å². The molecule has 2 aliphatic heterocycles. The molecular formula is C43H43N3O8S. The third-order valence-corrected chi connectivity index (χ3v) is 10.6. The molecule has 11 nitrogen and oxygen atoms in total. The molecule has 12 heteroatoms. The first-order valence-electron chi connectivity index (χ1n) is 18.3. The number of nitrogens with one attached hydrogen (secondary N) is 1. The van der Waals surface area contributed by atoms with Crippen molar-refractivity contribution in [2.45, 2.75) is 43.5 Å². The summed E-state index contributed by atoms with van der Waals surface area (Å²) in [5, 5.41) is 12.1. The smallest absolute Gasteiger partial charge is 0.263 e. The number of hydrogen-bond donors (Lipinski definition) is 2. The Balaban J connectivity index is 0.946. The highest BCUT2D eigenvalue weighted by Gasteiger charge is 2.45. The molecule has 0 radical (unpaired) electrons. The number of amides is 5. The zero-order chi connectivity index (χ0) is 38.9. The van der Waals surface area contributed by atoms with Gasteiger partial charge >= 0.3 is 0 Å². The van der Waals surface area contributed by atoms with Gasteiger partial charge in [-0.25, -0.2) is 0 Å². The van der Waals surface area contributed by atoms with Crippen LogP contribution in [0.5, 0.6) is 11.5 Å². The van der Waals surface area contributed by atoms with Gasteiger partial charge in [-0.2, -0.15) is 0 Å². The van der Waals surface area contributed by atoms with E-state index >= 15 is 0 Å². The first-order chi connectivity index (χ1) is 26.7. The first-order valence-corrected chi connectivity index (χ1v) is 19.2. The Hall–Kier alpha value is -5.72.